The number of carboxylic acid groups (broad SMARTS) is 1. The zero-order valence-electron chi connectivity index (χ0n) is 14.5. The molecule has 1 aliphatic rings. The second-order valence-electron chi connectivity index (χ2n) is 6.38. The number of nitrogens with zero attached hydrogens (tertiary/aromatic N) is 2. The van der Waals surface area contributed by atoms with Crippen molar-refractivity contribution >= 4 is 17.8 Å². The van der Waals surface area contributed by atoms with Gasteiger partial charge in [0.15, 0.2) is 0 Å². The van der Waals surface area contributed by atoms with E-state index in [1.165, 1.54) is 17.0 Å². The van der Waals surface area contributed by atoms with Gasteiger partial charge in [0.1, 0.15) is 0 Å². The van der Waals surface area contributed by atoms with Crippen molar-refractivity contribution in [2.75, 3.05) is 13.1 Å². The zero-order valence-corrected chi connectivity index (χ0v) is 14.5. The van der Waals surface area contributed by atoms with Gasteiger partial charge in [-0.25, -0.2) is 4.79 Å². The molecule has 3 rings (SSSR count). The van der Waals surface area contributed by atoms with Crippen LogP contribution in [0.5, 0.6) is 0 Å². The molecule has 1 saturated heterocycles. The highest BCUT2D eigenvalue weighted by Gasteiger charge is 2.32. The minimum Gasteiger partial charge on any atom is -0.478 e. The predicted octanol–water partition coefficient (Wildman–Crippen LogP) is 2.06. The molecule has 2 amide bonds. The normalized spacial score (nSPS) is 14.7. The number of carbonyl (C=O) groups is 3. The Bertz CT molecular complexity index is 845. The molecular formula is C20H20N2O4. The van der Waals surface area contributed by atoms with Crippen LogP contribution in [0.25, 0.3) is 0 Å². The summed E-state index contributed by atoms with van der Waals surface area (Å²) in [5.41, 5.74) is 3.11. The summed E-state index contributed by atoms with van der Waals surface area (Å²) < 4.78 is 0. The Balaban J connectivity index is 1.65. The summed E-state index contributed by atoms with van der Waals surface area (Å²) in [5.74, 6) is -2.01. The van der Waals surface area contributed by atoms with Crippen molar-refractivity contribution in [2.45, 2.75) is 20.0 Å². The highest BCUT2D eigenvalue weighted by Crippen LogP contribution is 2.16. The molecule has 0 unspecified atom stereocenters. The Morgan fingerprint density at radius 1 is 0.923 bits per heavy atom. The fraction of sp³-hybridized carbons (Fsp3) is 0.250. The fourth-order valence-electron chi connectivity index (χ4n) is 2.98. The van der Waals surface area contributed by atoms with E-state index in [9.17, 15) is 14.4 Å². The first-order valence-corrected chi connectivity index (χ1v) is 8.40. The molecule has 0 aromatic heterocycles. The van der Waals surface area contributed by atoms with E-state index in [-0.39, 0.29) is 5.56 Å². The molecule has 26 heavy (non-hydrogen) atoms. The van der Waals surface area contributed by atoms with Crippen molar-refractivity contribution in [2.24, 2.45) is 0 Å². The van der Waals surface area contributed by atoms with E-state index in [1.54, 1.807) is 17.0 Å². The number of carbonyl (C=O) groups excluding carboxylic acids is 2. The first-order chi connectivity index (χ1) is 12.5. The molecule has 0 atom stereocenters. The maximum Gasteiger partial charge on any atom is 0.335 e. The smallest absolute Gasteiger partial charge is 0.335 e. The first-order valence-electron chi connectivity index (χ1n) is 8.40. The van der Waals surface area contributed by atoms with Gasteiger partial charge in [-0.1, -0.05) is 36.4 Å². The Kier molecular flexibility index (Phi) is 5.02. The number of benzene rings is 2. The lowest BCUT2D eigenvalue weighted by molar-refractivity contribution is -0.156. The van der Waals surface area contributed by atoms with Crippen LogP contribution in [0, 0.1) is 6.92 Å². The van der Waals surface area contributed by atoms with Crippen molar-refractivity contribution in [3.63, 3.8) is 0 Å². The van der Waals surface area contributed by atoms with E-state index >= 15 is 0 Å². The van der Waals surface area contributed by atoms with Crippen LogP contribution < -0.4 is 0 Å². The Morgan fingerprint density at radius 3 is 2.08 bits per heavy atom. The molecule has 1 heterocycles. The molecular weight excluding hydrogens is 332 g/mol. The molecule has 134 valence electrons. The number of hydrogen-bond acceptors (Lipinski definition) is 3. The SMILES string of the molecule is Cc1ccccc1CN1CCN(Cc2ccc(C(=O)O)cc2)C(=O)C1=O. The summed E-state index contributed by atoms with van der Waals surface area (Å²) in [6.07, 6.45) is 0. The van der Waals surface area contributed by atoms with Crippen LogP contribution in [0.3, 0.4) is 0 Å². The molecule has 1 aliphatic heterocycles. The average Bonchev–Trinajstić information content (AvgIpc) is 2.63. The molecule has 0 bridgehead atoms. The number of carboxylic acids is 1. The van der Waals surface area contributed by atoms with E-state index in [4.69, 9.17) is 5.11 Å². The van der Waals surface area contributed by atoms with Gasteiger partial charge < -0.3 is 14.9 Å². The van der Waals surface area contributed by atoms with Crippen molar-refractivity contribution in [3.05, 3.63) is 70.8 Å². The second kappa shape index (κ2) is 7.39. The molecule has 0 spiro atoms. The summed E-state index contributed by atoms with van der Waals surface area (Å²) >= 11 is 0. The minimum absolute atomic E-state index is 0.194. The summed E-state index contributed by atoms with van der Waals surface area (Å²) in [4.78, 5) is 38.9. The summed E-state index contributed by atoms with van der Waals surface area (Å²) in [6, 6.07) is 14.1. The molecule has 0 aliphatic carbocycles. The lowest BCUT2D eigenvalue weighted by Gasteiger charge is -2.34. The van der Waals surface area contributed by atoms with Crippen molar-refractivity contribution in [1.82, 2.24) is 9.80 Å². The van der Waals surface area contributed by atoms with Crippen LogP contribution >= 0.6 is 0 Å². The van der Waals surface area contributed by atoms with Crippen LogP contribution in [0.2, 0.25) is 0 Å². The standard InChI is InChI=1S/C20H20N2O4/c1-14-4-2-3-5-17(14)13-22-11-10-21(18(23)19(22)24)12-15-6-8-16(9-7-15)20(25)26/h2-9H,10-13H2,1H3,(H,25,26). The molecule has 6 heteroatoms. The molecule has 0 radical (unpaired) electrons. The van der Waals surface area contributed by atoms with Crippen molar-refractivity contribution < 1.29 is 19.5 Å². The van der Waals surface area contributed by atoms with Gasteiger partial charge in [-0.2, -0.15) is 0 Å². The van der Waals surface area contributed by atoms with Gasteiger partial charge in [-0.05, 0) is 35.7 Å². The number of rotatable bonds is 5. The van der Waals surface area contributed by atoms with Crippen LogP contribution in [-0.2, 0) is 22.7 Å². The Hall–Kier alpha value is -3.15. The van der Waals surface area contributed by atoms with Gasteiger partial charge in [0.2, 0.25) is 0 Å². The maximum atomic E-state index is 12.4. The molecule has 1 N–H and O–H groups in total. The van der Waals surface area contributed by atoms with Crippen molar-refractivity contribution in [1.29, 1.82) is 0 Å². The minimum atomic E-state index is -0.993. The van der Waals surface area contributed by atoms with E-state index < -0.39 is 17.8 Å². The molecule has 2 aromatic carbocycles. The van der Waals surface area contributed by atoms with Crippen LogP contribution in [-0.4, -0.2) is 45.8 Å². The van der Waals surface area contributed by atoms with Crippen molar-refractivity contribution in [3.8, 4) is 0 Å². The lowest BCUT2D eigenvalue weighted by atomic mass is 10.1. The number of hydrogen-bond donors (Lipinski definition) is 1. The second-order valence-corrected chi connectivity index (χ2v) is 6.38. The number of aromatic carboxylic acids is 1. The highest BCUT2D eigenvalue weighted by molar-refractivity contribution is 6.35. The molecule has 0 saturated carbocycles. The predicted molar refractivity (Wildman–Crippen MR) is 95.4 cm³/mol. The quantitative estimate of drug-likeness (QED) is 0.836. The van der Waals surface area contributed by atoms with E-state index in [0.29, 0.717) is 26.2 Å². The van der Waals surface area contributed by atoms with Gasteiger partial charge in [-0.15, -0.1) is 0 Å². The van der Waals surface area contributed by atoms with Gasteiger partial charge in [0.25, 0.3) is 0 Å². The third-order valence-corrected chi connectivity index (χ3v) is 4.59. The third-order valence-electron chi connectivity index (χ3n) is 4.59. The zero-order chi connectivity index (χ0) is 18.7. The van der Waals surface area contributed by atoms with Crippen LogP contribution in [0.4, 0.5) is 0 Å². The van der Waals surface area contributed by atoms with Gasteiger partial charge in [0.05, 0.1) is 5.56 Å². The molecule has 2 aromatic rings. The topological polar surface area (TPSA) is 77.9 Å². The highest BCUT2D eigenvalue weighted by atomic mass is 16.4. The van der Waals surface area contributed by atoms with E-state index in [1.807, 2.05) is 31.2 Å². The number of aryl methyl sites for hydroxylation is 1. The van der Waals surface area contributed by atoms with Crippen LogP contribution in [0.1, 0.15) is 27.0 Å². The number of piperazine rings is 1. The monoisotopic (exact) mass is 352 g/mol. The molecule has 1 fully saturated rings. The molecule has 6 nitrogen and oxygen atoms in total. The van der Waals surface area contributed by atoms with Gasteiger partial charge >= 0.3 is 17.8 Å². The van der Waals surface area contributed by atoms with E-state index in [0.717, 1.165) is 16.7 Å². The van der Waals surface area contributed by atoms with E-state index in [2.05, 4.69) is 0 Å². The van der Waals surface area contributed by atoms with Crippen LogP contribution in [0.15, 0.2) is 48.5 Å². The lowest BCUT2D eigenvalue weighted by Crippen LogP contribution is -2.53. The maximum absolute atomic E-state index is 12.4. The summed E-state index contributed by atoms with van der Waals surface area (Å²) in [5, 5.41) is 8.93. The summed E-state index contributed by atoms with van der Waals surface area (Å²) in [6.45, 7) is 3.64. The number of amides is 2. The Labute approximate surface area is 151 Å². The Morgan fingerprint density at radius 2 is 1.50 bits per heavy atom. The first kappa shape index (κ1) is 17.7. The summed E-state index contributed by atoms with van der Waals surface area (Å²) in [7, 11) is 0. The van der Waals surface area contributed by atoms with Gasteiger partial charge in [-0.3, -0.25) is 9.59 Å². The fourth-order valence-corrected chi connectivity index (χ4v) is 2.98. The largest absolute Gasteiger partial charge is 0.478 e. The van der Waals surface area contributed by atoms with Gasteiger partial charge in [0, 0.05) is 26.2 Å². The third kappa shape index (κ3) is 3.74. The average molecular weight is 352 g/mol.